The summed E-state index contributed by atoms with van der Waals surface area (Å²) >= 11 is 0. The van der Waals surface area contributed by atoms with E-state index in [9.17, 15) is 0 Å². The van der Waals surface area contributed by atoms with E-state index in [2.05, 4.69) is 17.3 Å². The van der Waals surface area contributed by atoms with Gasteiger partial charge in [-0.25, -0.2) is 0 Å². The van der Waals surface area contributed by atoms with E-state index < -0.39 is 0 Å². The average Bonchev–Trinajstić information content (AvgIpc) is 3.12. The van der Waals surface area contributed by atoms with Crippen molar-refractivity contribution in [2.75, 3.05) is 25.8 Å². The lowest BCUT2D eigenvalue weighted by Gasteiger charge is -2.14. The van der Waals surface area contributed by atoms with Gasteiger partial charge in [0.1, 0.15) is 5.82 Å². The first-order valence-electron chi connectivity index (χ1n) is 6.95. The second kappa shape index (κ2) is 6.05. The van der Waals surface area contributed by atoms with Gasteiger partial charge in [-0.1, -0.05) is 6.07 Å². The Morgan fingerprint density at radius 3 is 3.05 bits per heavy atom. The summed E-state index contributed by atoms with van der Waals surface area (Å²) in [6.07, 6.45) is 1.94. The molecule has 6 nitrogen and oxygen atoms in total. The fourth-order valence-electron chi connectivity index (χ4n) is 2.24. The Balaban J connectivity index is 1.65. The van der Waals surface area contributed by atoms with Crippen LogP contribution in [0.2, 0.25) is 0 Å². The Hall–Kier alpha value is -2.21. The van der Waals surface area contributed by atoms with Crippen LogP contribution >= 0.6 is 0 Å². The highest BCUT2D eigenvalue weighted by Crippen LogP contribution is 2.34. The molecule has 21 heavy (non-hydrogen) atoms. The minimum Gasteiger partial charge on any atom is -0.454 e. The SMILES string of the molecule is COCCn1ccc(N[C@@H](C)c2ccc3c(c2)OCO3)n1. The minimum atomic E-state index is 0.130. The van der Waals surface area contributed by atoms with Crippen molar-refractivity contribution in [2.45, 2.75) is 19.5 Å². The maximum absolute atomic E-state index is 5.40. The summed E-state index contributed by atoms with van der Waals surface area (Å²) < 4.78 is 17.6. The van der Waals surface area contributed by atoms with Crippen LogP contribution < -0.4 is 14.8 Å². The number of rotatable bonds is 6. The van der Waals surface area contributed by atoms with Gasteiger partial charge < -0.3 is 19.5 Å². The Kier molecular flexibility index (Phi) is 3.96. The van der Waals surface area contributed by atoms with Crippen LogP contribution in [0, 0.1) is 0 Å². The number of ether oxygens (including phenoxy) is 3. The number of anilines is 1. The third-order valence-corrected chi connectivity index (χ3v) is 3.43. The van der Waals surface area contributed by atoms with E-state index in [4.69, 9.17) is 14.2 Å². The molecular formula is C15H19N3O3. The number of nitrogens with one attached hydrogen (secondary N) is 1. The molecule has 0 amide bonds. The summed E-state index contributed by atoms with van der Waals surface area (Å²) in [6, 6.07) is 8.06. The van der Waals surface area contributed by atoms with Crippen molar-refractivity contribution in [1.82, 2.24) is 9.78 Å². The minimum absolute atomic E-state index is 0.130. The van der Waals surface area contributed by atoms with Crippen molar-refractivity contribution in [2.24, 2.45) is 0 Å². The van der Waals surface area contributed by atoms with Crippen LogP contribution in [0.1, 0.15) is 18.5 Å². The molecule has 1 aliphatic heterocycles. The first kappa shape index (κ1) is 13.8. The van der Waals surface area contributed by atoms with E-state index >= 15 is 0 Å². The van der Waals surface area contributed by atoms with Crippen LogP contribution in [0.25, 0.3) is 0 Å². The lowest BCUT2D eigenvalue weighted by Crippen LogP contribution is -2.09. The van der Waals surface area contributed by atoms with Gasteiger partial charge in [-0.3, -0.25) is 4.68 Å². The summed E-state index contributed by atoms with van der Waals surface area (Å²) in [4.78, 5) is 0. The second-order valence-corrected chi connectivity index (χ2v) is 4.94. The number of aromatic nitrogens is 2. The Bertz CT molecular complexity index is 612. The number of hydrogen-bond donors (Lipinski definition) is 1. The molecule has 1 atom stereocenters. The second-order valence-electron chi connectivity index (χ2n) is 4.94. The third kappa shape index (κ3) is 3.11. The number of fused-ring (bicyclic) bond motifs is 1. The molecule has 0 unspecified atom stereocenters. The molecule has 0 saturated heterocycles. The predicted molar refractivity (Wildman–Crippen MR) is 78.7 cm³/mol. The number of methoxy groups -OCH3 is 1. The largest absolute Gasteiger partial charge is 0.454 e. The molecule has 1 aliphatic rings. The molecular weight excluding hydrogens is 270 g/mol. The summed E-state index contributed by atoms with van der Waals surface area (Å²) in [5, 5.41) is 7.83. The zero-order chi connectivity index (χ0) is 14.7. The van der Waals surface area contributed by atoms with E-state index in [1.807, 2.05) is 35.1 Å². The maximum Gasteiger partial charge on any atom is 0.231 e. The van der Waals surface area contributed by atoms with Crippen LogP contribution in [0.15, 0.2) is 30.5 Å². The molecule has 2 aromatic rings. The van der Waals surface area contributed by atoms with Gasteiger partial charge in [-0.05, 0) is 24.6 Å². The van der Waals surface area contributed by atoms with Crippen LogP contribution in [0.3, 0.4) is 0 Å². The first-order valence-corrected chi connectivity index (χ1v) is 6.95. The van der Waals surface area contributed by atoms with Gasteiger partial charge in [0.05, 0.1) is 19.2 Å². The lowest BCUT2D eigenvalue weighted by atomic mass is 10.1. The highest BCUT2D eigenvalue weighted by molar-refractivity contribution is 5.47. The van der Waals surface area contributed by atoms with Gasteiger partial charge in [-0.15, -0.1) is 0 Å². The van der Waals surface area contributed by atoms with Crippen LogP contribution in [-0.4, -0.2) is 30.3 Å². The molecule has 0 spiro atoms. The van der Waals surface area contributed by atoms with E-state index in [-0.39, 0.29) is 6.04 Å². The highest BCUT2D eigenvalue weighted by Gasteiger charge is 2.16. The van der Waals surface area contributed by atoms with Crippen molar-refractivity contribution in [1.29, 1.82) is 0 Å². The Labute approximate surface area is 123 Å². The van der Waals surface area contributed by atoms with Crippen molar-refractivity contribution in [3.8, 4) is 11.5 Å². The molecule has 0 aliphatic carbocycles. The van der Waals surface area contributed by atoms with E-state index in [0.717, 1.165) is 29.4 Å². The van der Waals surface area contributed by atoms with Crippen LogP contribution in [0.5, 0.6) is 11.5 Å². The molecule has 1 N–H and O–H groups in total. The fourth-order valence-corrected chi connectivity index (χ4v) is 2.24. The monoisotopic (exact) mass is 289 g/mol. The summed E-state index contributed by atoms with van der Waals surface area (Å²) in [6.45, 7) is 3.78. The molecule has 1 aromatic heterocycles. The molecule has 0 fully saturated rings. The smallest absolute Gasteiger partial charge is 0.231 e. The Morgan fingerprint density at radius 1 is 1.33 bits per heavy atom. The predicted octanol–water partition coefficient (Wildman–Crippen LogP) is 2.43. The molecule has 0 radical (unpaired) electrons. The van der Waals surface area contributed by atoms with Gasteiger partial charge in [0.25, 0.3) is 0 Å². The number of hydrogen-bond acceptors (Lipinski definition) is 5. The molecule has 2 heterocycles. The zero-order valence-corrected chi connectivity index (χ0v) is 12.2. The molecule has 6 heteroatoms. The van der Waals surface area contributed by atoms with Crippen LogP contribution in [0.4, 0.5) is 5.82 Å². The normalized spacial score (nSPS) is 14.2. The number of benzene rings is 1. The molecule has 112 valence electrons. The van der Waals surface area contributed by atoms with Gasteiger partial charge in [0.2, 0.25) is 6.79 Å². The van der Waals surface area contributed by atoms with Crippen molar-refractivity contribution in [3.05, 3.63) is 36.0 Å². The topological polar surface area (TPSA) is 57.5 Å². The zero-order valence-electron chi connectivity index (χ0n) is 12.2. The molecule has 1 aromatic carbocycles. The van der Waals surface area contributed by atoms with E-state index in [0.29, 0.717) is 13.4 Å². The summed E-state index contributed by atoms with van der Waals surface area (Å²) in [5.74, 6) is 2.44. The first-order chi connectivity index (χ1) is 10.3. The quantitative estimate of drug-likeness (QED) is 0.885. The van der Waals surface area contributed by atoms with E-state index in [1.165, 1.54) is 0 Å². The highest BCUT2D eigenvalue weighted by atomic mass is 16.7. The maximum atomic E-state index is 5.40. The van der Waals surface area contributed by atoms with Gasteiger partial charge in [-0.2, -0.15) is 5.10 Å². The van der Waals surface area contributed by atoms with Crippen molar-refractivity contribution in [3.63, 3.8) is 0 Å². The molecule has 3 rings (SSSR count). The fraction of sp³-hybridized carbons (Fsp3) is 0.400. The van der Waals surface area contributed by atoms with Crippen molar-refractivity contribution < 1.29 is 14.2 Å². The lowest BCUT2D eigenvalue weighted by molar-refractivity contribution is 0.174. The van der Waals surface area contributed by atoms with Gasteiger partial charge in [0, 0.05) is 19.4 Å². The summed E-state index contributed by atoms with van der Waals surface area (Å²) in [7, 11) is 1.68. The molecule has 0 saturated carbocycles. The average molecular weight is 289 g/mol. The Morgan fingerprint density at radius 2 is 2.19 bits per heavy atom. The van der Waals surface area contributed by atoms with E-state index in [1.54, 1.807) is 7.11 Å². The number of nitrogens with zero attached hydrogens (tertiary/aromatic N) is 2. The van der Waals surface area contributed by atoms with Gasteiger partial charge in [0.15, 0.2) is 11.5 Å². The third-order valence-electron chi connectivity index (χ3n) is 3.43. The molecule has 0 bridgehead atoms. The summed E-state index contributed by atoms with van der Waals surface area (Å²) in [5.41, 5.74) is 1.13. The standard InChI is InChI=1S/C15H19N3O3/c1-11(12-3-4-13-14(9-12)21-10-20-13)16-15-5-6-18(17-15)7-8-19-2/h3-6,9,11H,7-8,10H2,1-2H3,(H,16,17)/t11-/m0/s1. The van der Waals surface area contributed by atoms with Crippen LogP contribution in [-0.2, 0) is 11.3 Å². The van der Waals surface area contributed by atoms with Crippen molar-refractivity contribution >= 4 is 5.82 Å². The van der Waals surface area contributed by atoms with Gasteiger partial charge >= 0.3 is 0 Å².